The molecule has 0 rings (SSSR count). The summed E-state index contributed by atoms with van der Waals surface area (Å²) in [5.41, 5.74) is 0. The Bertz CT molecular complexity index is 84.3. The first-order valence-electron chi connectivity index (χ1n) is 2.18. The summed E-state index contributed by atoms with van der Waals surface area (Å²) in [6.45, 7) is 6.51. The monoisotopic (exact) mass is 166 g/mol. The first-order valence-corrected chi connectivity index (χ1v) is 3.97. The van der Waals surface area contributed by atoms with E-state index < -0.39 is 9.05 Å². The van der Waals surface area contributed by atoms with Crippen LogP contribution < -0.4 is 0 Å². The minimum atomic E-state index is -4.61. The van der Waals surface area contributed by atoms with Gasteiger partial charge in [0.15, 0.2) is 0 Å². The van der Waals surface area contributed by atoms with E-state index in [9.17, 15) is 0 Å². The van der Waals surface area contributed by atoms with E-state index in [1.54, 1.807) is 0 Å². The Hall–Kier alpha value is -0.663. The van der Waals surface area contributed by atoms with Gasteiger partial charge in [0.25, 0.3) is 0 Å². The normalized spacial score (nSPS) is 8.80. The van der Waals surface area contributed by atoms with Gasteiger partial charge < -0.3 is 23.9 Å². The van der Waals surface area contributed by atoms with Crippen LogP contribution in [0.15, 0.2) is 25.7 Å². The second-order valence-corrected chi connectivity index (χ2v) is 2.27. The highest BCUT2D eigenvalue weighted by Gasteiger charge is 2.22. The van der Waals surface area contributed by atoms with Crippen LogP contribution in [0, 0.1) is 0 Å². The smallest absolute Gasteiger partial charge is 0.474 e. The third-order valence-corrected chi connectivity index (χ3v) is 0.192. The van der Waals surface area contributed by atoms with E-state index in [1.807, 2.05) is 0 Å². The molecule has 10 heavy (non-hydrogen) atoms. The van der Waals surface area contributed by atoms with Gasteiger partial charge in [0.1, 0.15) is 0 Å². The lowest BCUT2D eigenvalue weighted by atomic mass is 11.1. The zero-order valence-corrected chi connectivity index (χ0v) is 6.27. The van der Waals surface area contributed by atoms with E-state index in [2.05, 4.69) is 17.9 Å². The fourth-order valence-corrected chi connectivity index (χ4v) is 0.0680. The van der Waals surface area contributed by atoms with Crippen molar-refractivity contribution in [3.8, 4) is 0 Å². The Morgan fingerprint density at radius 3 is 1.20 bits per heavy atom. The zero-order valence-electron chi connectivity index (χ0n) is 5.27. The predicted octanol–water partition coefficient (Wildman–Crippen LogP) is -1.32. The van der Waals surface area contributed by atoms with Crippen molar-refractivity contribution in [2.75, 3.05) is 0 Å². The molecular weight excluding hydrogens is 156 g/mol. The first-order chi connectivity index (χ1) is 4.41. The van der Waals surface area contributed by atoms with Crippen molar-refractivity contribution in [2.45, 2.75) is 0 Å². The van der Waals surface area contributed by atoms with E-state index in [0.717, 1.165) is 0 Å². The topological polar surface area (TPSA) is 90.2 Å². The van der Waals surface area contributed by atoms with Crippen LogP contribution >= 0.6 is 0 Å². The van der Waals surface area contributed by atoms with Crippen LogP contribution in [0.5, 0.6) is 0 Å². The van der Waals surface area contributed by atoms with Crippen molar-refractivity contribution in [2.24, 2.45) is 0 Å². The third-order valence-electron chi connectivity index (χ3n) is 0.192. The first kappa shape index (κ1) is 12.1. The number of rotatable bonds is 2. The lowest BCUT2D eigenvalue weighted by Crippen LogP contribution is -2.33. The lowest BCUT2D eigenvalue weighted by Gasteiger charge is -1.91. The molecule has 0 fully saturated rings. The van der Waals surface area contributed by atoms with Crippen LogP contribution in [-0.2, 0) is 4.74 Å². The summed E-state index contributed by atoms with van der Waals surface area (Å²) in [5, 5.41) is 0. The van der Waals surface area contributed by atoms with E-state index in [-0.39, 0.29) is 0 Å². The summed E-state index contributed by atoms with van der Waals surface area (Å²) >= 11 is 0. The van der Waals surface area contributed by atoms with E-state index in [1.165, 1.54) is 12.5 Å². The van der Waals surface area contributed by atoms with Gasteiger partial charge in [0.05, 0.1) is 12.5 Å². The molecule has 0 aliphatic carbocycles. The van der Waals surface area contributed by atoms with Crippen molar-refractivity contribution in [3.63, 3.8) is 0 Å². The van der Waals surface area contributed by atoms with Gasteiger partial charge in [-0.3, -0.25) is 0 Å². The van der Waals surface area contributed by atoms with Crippen molar-refractivity contribution >= 4 is 9.05 Å². The third kappa shape index (κ3) is 165. The number of hydrogen-bond acceptors (Lipinski definition) is 5. The average molecular weight is 166 g/mol. The van der Waals surface area contributed by atoms with Gasteiger partial charge in [-0.25, -0.2) is 0 Å². The summed E-state index contributed by atoms with van der Waals surface area (Å²) in [4.78, 5) is 29.3. The number of ether oxygens (including phenoxy) is 1. The van der Waals surface area contributed by atoms with E-state index in [0.29, 0.717) is 0 Å². The van der Waals surface area contributed by atoms with Crippen molar-refractivity contribution < 1.29 is 23.9 Å². The second kappa shape index (κ2) is 6.46. The summed E-state index contributed by atoms with van der Waals surface area (Å²) in [6, 6.07) is 0. The summed E-state index contributed by atoms with van der Waals surface area (Å²) in [6.07, 6.45) is 2.62. The Labute approximate surface area is 59.6 Å². The lowest BCUT2D eigenvalue weighted by molar-refractivity contribution is 0.117. The van der Waals surface area contributed by atoms with Gasteiger partial charge in [0, 0.05) is 0 Å². The molecular formula is C4H10O5Si. The molecule has 0 saturated carbocycles. The maximum absolute atomic E-state index is 7.33. The molecule has 6 heteroatoms. The Morgan fingerprint density at radius 1 is 1.00 bits per heavy atom. The molecule has 0 saturated heterocycles. The molecule has 0 heterocycles. The van der Waals surface area contributed by atoms with Gasteiger partial charge in [-0.1, -0.05) is 13.2 Å². The molecule has 0 amide bonds. The molecule has 0 spiro atoms. The Balaban J connectivity index is 0. The molecule has 0 atom stereocenters. The van der Waals surface area contributed by atoms with Crippen molar-refractivity contribution in [3.05, 3.63) is 25.7 Å². The maximum Gasteiger partial charge on any atom is 0.668 e. The standard InChI is InChI=1S/C4H6O.H4O4Si/c1-3-5-4-2;1-5(2,3)4/h3-4H,1-2H2;1-4H. The molecule has 0 unspecified atom stereocenters. The van der Waals surface area contributed by atoms with Crippen LogP contribution in [0.25, 0.3) is 0 Å². The molecule has 0 aliphatic rings. The molecule has 4 N–H and O–H groups in total. The van der Waals surface area contributed by atoms with E-state index in [4.69, 9.17) is 19.2 Å². The summed E-state index contributed by atoms with van der Waals surface area (Å²) in [7, 11) is -4.61. The fourth-order valence-electron chi connectivity index (χ4n) is 0.0680. The minimum absolute atomic E-state index is 1.31. The van der Waals surface area contributed by atoms with Crippen LogP contribution in [0.4, 0.5) is 0 Å². The quantitative estimate of drug-likeness (QED) is 0.302. The van der Waals surface area contributed by atoms with Crippen molar-refractivity contribution in [1.82, 2.24) is 0 Å². The molecule has 0 aromatic carbocycles. The van der Waals surface area contributed by atoms with Gasteiger partial charge in [0.2, 0.25) is 0 Å². The molecule has 0 aromatic heterocycles. The SMILES string of the molecule is C=COC=C.O[Si](O)(O)O. The van der Waals surface area contributed by atoms with Crippen LogP contribution in [0.1, 0.15) is 0 Å². The van der Waals surface area contributed by atoms with E-state index >= 15 is 0 Å². The predicted molar refractivity (Wildman–Crippen MR) is 36.1 cm³/mol. The largest absolute Gasteiger partial charge is 0.668 e. The van der Waals surface area contributed by atoms with Gasteiger partial charge >= 0.3 is 9.05 Å². The molecule has 0 bridgehead atoms. The highest BCUT2D eigenvalue weighted by Crippen LogP contribution is 1.67. The average Bonchev–Trinajstić information content (AvgIpc) is 1.63. The Morgan fingerprint density at radius 2 is 1.20 bits per heavy atom. The van der Waals surface area contributed by atoms with Crippen LogP contribution in [-0.4, -0.2) is 28.2 Å². The zero-order chi connectivity index (χ0) is 8.62. The molecule has 5 nitrogen and oxygen atoms in total. The highest BCUT2D eigenvalue weighted by molar-refractivity contribution is 6.46. The molecule has 0 radical (unpaired) electrons. The van der Waals surface area contributed by atoms with Gasteiger partial charge in [-0.05, 0) is 0 Å². The van der Waals surface area contributed by atoms with Crippen LogP contribution in [0.3, 0.4) is 0 Å². The van der Waals surface area contributed by atoms with Crippen LogP contribution in [0.2, 0.25) is 0 Å². The molecule has 60 valence electrons. The van der Waals surface area contributed by atoms with Gasteiger partial charge in [-0.2, -0.15) is 0 Å². The Kier molecular flexibility index (Phi) is 7.78. The van der Waals surface area contributed by atoms with Gasteiger partial charge in [-0.15, -0.1) is 0 Å². The van der Waals surface area contributed by atoms with Crippen molar-refractivity contribution in [1.29, 1.82) is 0 Å². The fraction of sp³-hybridized carbons (Fsp3) is 0. The minimum Gasteiger partial charge on any atom is -0.474 e. The summed E-state index contributed by atoms with van der Waals surface area (Å²) < 4.78 is 4.36. The second-order valence-electron chi connectivity index (χ2n) is 1.07. The summed E-state index contributed by atoms with van der Waals surface area (Å²) in [5.74, 6) is 0. The highest BCUT2D eigenvalue weighted by atomic mass is 28.4. The molecule has 0 aromatic rings. The number of hydrogen-bond donors (Lipinski definition) is 4. The molecule has 0 aliphatic heterocycles. The maximum atomic E-state index is 7.33.